The molecule has 120 valence electrons. The smallest absolute Gasteiger partial charge is 0.0614 e. The van der Waals surface area contributed by atoms with Gasteiger partial charge in [0.2, 0.25) is 0 Å². The lowest BCUT2D eigenvalue weighted by atomic mass is 9.52. The quantitative estimate of drug-likeness (QED) is 0.677. The van der Waals surface area contributed by atoms with Crippen LogP contribution in [0.1, 0.15) is 73.1 Å². The standard InChI is InChI=1S/C20H34O/c1-15(11-14-21)10-13-20(5)16(2)8-9-17-18(20)7-6-12-19(17,3)4/h7,11,16-17,21H,6,8-10,12-14H2,1-5H3. The molecule has 2 rings (SSSR count). The van der Waals surface area contributed by atoms with E-state index in [9.17, 15) is 0 Å². The van der Waals surface area contributed by atoms with Crippen LogP contribution in [0.4, 0.5) is 0 Å². The van der Waals surface area contributed by atoms with Gasteiger partial charge < -0.3 is 5.11 Å². The molecule has 0 aromatic heterocycles. The summed E-state index contributed by atoms with van der Waals surface area (Å²) < 4.78 is 0. The summed E-state index contributed by atoms with van der Waals surface area (Å²) in [5, 5.41) is 9.06. The zero-order valence-corrected chi connectivity index (χ0v) is 14.7. The fourth-order valence-corrected chi connectivity index (χ4v) is 4.64. The van der Waals surface area contributed by atoms with Gasteiger partial charge in [0, 0.05) is 0 Å². The van der Waals surface area contributed by atoms with E-state index in [0.717, 1.165) is 18.3 Å². The Bertz CT molecular complexity index is 429. The van der Waals surface area contributed by atoms with Crippen LogP contribution in [0.25, 0.3) is 0 Å². The second-order valence-electron chi connectivity index (χ2n) is 8.37. The molecule has 0 aromatic rings. The van der Waals surface area contributed by atoms with Gasteiger partial charge in [-0.25, -0.2) is 0 Å². The van der Waals surface area contributed by atoms with Crippen molar-refractivity contribution in [1.29, 1.82) is 0 Å². The van der Waals surface area contributed by atoms with Gasteiger partial charge in [0.1, 0.15) is 0 Å². The second kappa shape index (κ2) is 6.28. The van der Waals surface area contributed by atoms with Crippen molar-refractivity contribution in [3.05, 3.63) is 23.3 Å². The van der Waals surface area contributed by atoms with Crippen LogP contribution in [0.2, 0.25) is 0 Å². The van der Waals surface area contributed by atoms with Gasteiger partial charge in [-0.15, -0.1) is 0 Å². The molecule has 0 saturated heterocycles. The third kappa shape index (κ3) is 3.28. The first-order chi connectivity index (χ1) is 9.81. The Hall–Kier alpha value is -0.560. The zero-order chi connectivity index (χ0) is 15.7. The van der Waals surface area contributed by atoms with Crippen LogP contribution in [0.5, 0.6) is 0 Å². The normalized spacial score (nSPS) is 36.1. The number of aliphatic hydroxyl groups is 1. The van der Waals surface area contributed by atoms with Crippen LogP contribution in [0.15, 0.2) is 23.3 Å². The van der Waals surface area contributed by atoms with Gasteiger partial charge in [-0.3, -0.25) is 0 Å². The molecule has 21 heavy (non-hydrogen) atoms. The van der Waals surface area contributed by atoms with Gasteiger partial charge in [0.05, 0.1) is 6.61 Å². The topological polar surface area (TPSA) is 20.2 Å². The Labute approximate surface area is 131 Å². The van der Waals surface area contributed by atoms with Crippen molar-refractivity contribution in [3.8, 4) is 0 Å². The van der Waals surface area contributed by atoms with Gasteiger partial charge in [-0.05, 0) is 68.1 Å². The summed E-state index contributed by atoms with van der Waals surface area (Å²) in [4.78, 5) is 0. The molecule has 1 fully saturated rings. The van der Waals surface area contributed by atoms with Crippen molar-refractivity contribution >= 4 is 0 Å². The summed E-state index contributed by atoms with van der Waals surface area (Å²) in [7, 11) is 0. The lowest BCUT2D eigenvalue weighted by molar-refractivity contribution is 0.0812. The lowest BCUT2D eigenvalue weighted by Gasteiger charge is -2.53. The van der Waals surface area contributed by atoms with Gasteiger partial charge in [-0.1, -0.05) is 51.0 Å². The molecule has 0 amide bonds. The molecule has 1 N–H and O–H groups in total. The summed E-state index contributed by atoms with van der Waals surface area (Å²) >= 11 is 0. The average Bonchev–Trinajstić information content (AvgIpc) is 2.41. The third-order valence-electron chi connectivity index (χ3n) is 6.59. The molecule has 0 aliphatic heterocycles. The third-order valence-corrected chi connectivity index (χ3v) is 6.59. The minimum absolute atomic E-state index is 0.177. The molecule has 1 saturated carbocycles. The molecule has 2 aliphatic rings. The minimum Gasteiger partial charge on any atom is -0.392 e. The maximum Gasteiger partial charge on any atom is 0.0614 e. The fraction of sp³-hybridized carbons (Fsp3) is 0.800. The number of hydrogen-bond acceptors (Lipinski definition) is 1. The van der Waals surface area contributed by atoms with Gasteiger partial charge in [0.25, 0.3) is 0 Å². The Morgan fingerprint density at radius 1 is 1.33 bits per heavy atom. The summed E-state index contributed by atoms with van der Waals surface area (Å²) in [6.07, 6.45) is 12.2. The first-order valence-electron chi connectivity index (χ1n) is 8.78. The molecule has 0 aromatic carbocycles. The van der Waals surface area contributed by atoms with Gasteiger partial charge in [0.15, 0.2) is 0 Å². The molecular weight excluding hydrogens is 256 g/mol. The molecular formula is C20H34O. The van der Waals surface area contributed by atoms with E-state index in [4.69, 9.17) is 5.11 Å². The van der Waals surface area contributed by atoms with Crippen LogP contribution in [0, 0.1) is 22.7 Å². The molecule has 3 unspecified atom stereocenters. The van der Waals surface area contributed by atoms with Crippen molar-refractivity contribution < 1.29 is 5.11 Å². The Kier molecular flexibility index (Phi) is 5.03. The summed E-state index contributed by atoms with van der Waals surface area (Å²) in [5.74, 6) is 1.56. The SMILES string of the molecule is CC(=CCO)CCC1(C)C2=CCCC(C)(C)C2CCC1C. The molecule has 2 aliphatic carbocycles. The maximum atomic E-state index is 9.06. The van der Waals surface area contributed by atoms with Gasteiger partial charge >= 0.3 is 0 Å². The van der Waals surface area contributed by atoms with Crippen molar-refractivity contribution in [3.63, 3.8) is 0 Å². The van der Waals surface area contributed by atoms with Crippen LogP contribution >= 0.6 is 0 Å². The van der Waals surface area contributed by atoms with E-state index in [1.54, 1.807) is 5.57 Å². The number of rotatable bonds is 4. The van der Waals surface area contributed by atoms with E-state index < -0.39 is 0 Å². The van der Waals surface area contributed by atoms with Crippen molar-refractivity contribution in [2.45, 2.75) is 73.1 Å². The molecule has 0 bridgehead atoms. The minimum atomic E-state index is 0.177. The summed E-state index contributed by atoms with van der Waals surface area (Å²) in [6, 6.07) is 0. The van der Waals surface area contributed by atoms with Crippen LogP contribution < -0.4 is 0 Å². The predicted molar refractivity (Wildman–Crippen MR) is 91.2 cm³/mol. The molecule has 1 nitrogen and oxygen atoms in total. The van der Waals surface area contributed by atoms with E-state index in [0.29, 0.717) is 10.8 Å². The number of aliphatic hydroxyl groups excluding tert-OH is 1. The van der Waals surface area contributed by atoms with Crippen LogP contribution in [-0.4, -0.2) is 11.7 Å². The number of fused-ring (bicyclic) bond motifs is 1. The average molecular weight is 290 g/mol. The van der Waals surface area contributed by atoms with Crippen molar-refractivity contribution in [2.24, 2.45) is 22.7 Å². The number of allylic oxidation sites excluding steroid dienone is 3. The molecule has 3 atom stereocenters. The summed E-state index contributed by atoms with van der Waals surface area (Å²) in [6.45, 7) is 12.2. The zero-order valence-electron chi connectivity index (χ0n) is 14.7. The van der Waals surface area contributed by atoms with E-state index in [-0.39, 0.29) is 6.61 Å². The second-order valence-corrected chi connectivity index (χ2v) is 8.37. The first kappa shape index (κ1) is 16.8. The van der Waals surface area contributed by atoms with E-state index in [1.807, 2.05) is 6.08 Å². The highest BCUT2D eigenvalue weighted by atomic mass is 16.2. The van der Waals surface area contributed by atoms with E-state index >= 15 is 0 Å². The Morgan fingerprint density at radius 2 is 2.05 bits per heavy atom. The first-order valence-corrected chi connectivity index (χ1v) is 8.78. The summed E-state index contributed by atoms with van der Waals surface area (Å²) in [5.41, 5.74) is 3.92. The molecule has 0 heterocycles. The largest absolute Gasteiger partial charge is 0.392 e. The van der Waals surface area contributed by atoms with E-state index in [1.165, 1.54) is 37.7 Å². The highest BCUT2D eigenvalue weighted by molar-refractivity contribution is 5.26. The van der Waals surface area contributed by atoms with Crippen molar-refractivity contribution in [1.82, 2.24) is 0 Å². The lowest BCUT2D eigenvalue weighted by Crippen LogP contribution is -2.43. The molecule has 1 heteroatoms. The Balaban J connectivity index is 2.22. The monoisotopic (exact) mass is 290 g/mol. The van der Waals surface area contributed by atoms with Crippen LogP contribution in [0.3, 0.4) is 0 Å². The van der Waals surface area contributed by atoms with E-state index in [2.05, 4.69) is 40.7 Å². The van der Waals surface area contributed by atoms with Crippen LogP contribution in [-0.2, 0) is 0 Å². The highest BCUT2D eigenvalue weighted by Gasteiger charge is 2.47. The van der Waals surface area contributed by atoms with Crippen molar-refractivity contribution in [2.75, 3.05) is 6.61 Å². The molecule has 0 radical (unpaired) electrons. The maximum absolute atomic E-state index is 9.06. The fourth-order valence-electron chi connectivity index (χ4n) is 4.64. The Morgan fingerprint density at radius 3 is 2.71 bits per heavy atom. The highest BCUT2D eigenvalue weighted by Crippen LogP contribution is 2.58. The number of hydrogen-bond donors (Lipinski definition) is 1. The predicted octanol–water partition coefficient (Wildman–Crippen LogP) is 5.50. The van der Waals surface area contributed by atoms with Gasteiger partial charge in [-0.2, -0.15) is 0 Å². The molecule has 0 spiro atoms.